The minimum absolute atomic E-state index is 0.0612. The Labute approximate surface area is 180 Å². The highest BCUT2D eigenvalue weighted by Gasteiger charge is 2.45. The van der Waals surface area contributed by atoms with Gasteiger partial charge in [0.1, 0.15) is 6.04 Å². The van der Waals surface area contributed by atoms with E-state index in [-0.39, 0.29) is 30.6 Å². The van der Waals surface area contributed by atoms with Crippen LogP contribution in [0.1, 0.15) is 64.8 Å². The van der Waals surface area contributed by atoms with Crippen LogP contribution in [0.2, 0.25) is 0 Å². The van der Waals surface area contributed by atoms with E-state index in [9.17, 15) is 27.6 Å². The maximum atomic E-state index is 13.0. The lowest BCUT2D eigenvalue weighted by atomic mass is 10.0. The van der Waals surface area contributed by atoms with Gasteiger partial charge in [-0.2, -0.15) is 8.42 Å². The molecule has 31 heavy (non-hydrogen) atoms. The summed E-state index contributed by atoms with van der Waals surface area (Å²) >= 11 is 0. The van der Waals surface area contributed by atoms with Crippen LogP contribution in [0.4, 0.5) is 0 Å². The van der Waals surface area contributed by atoms with E-state index in [1.54, 1.807) is 12.1 Å². The molecule has 0 bridgehead atoms. The number of fused-ring (bicyclic) bond motifs is 1. The van der Waals surface area contributed by atoms with Gasteiger partial charge in [0.15, 0.2) is 0 Å². The van der Waals surface area contributed by atoms with Crippen molar-refractivity contribution in [3.8, 4) is 11.8 Å². The van der Waals surface area contributed by atoms with Gasteiger partial charge in [0.05, 0.1) is 24.0 Å². The zero-order chi connectivity index (χ0) is 22.6. The second-order valence-electron chi connectivity index (χ2n) is 7.31. The molecule has 2 heterocycles. The number of nitrogens with zero attached hydrogens (tertiary/aromatic N) is 1. The molecule has 4 amide bonds. The van der Waals surface area contributed by atoms with Crippen LogP contribution in [-0.2, 0) is 23.9 Å². The van der Waals surface area contributed by atoms with Gasteiger partial charge >= 0.3 is 0 Å². The maximum Gasteiger partial charge on any atom is 0.264 e. The number of carbonyl (C=O) groups excluding carboxylic acids is 4. The number of benzene rings is 1. The molecule has 1 fully saturated rings. The molecule has 1 N–H and O–H groups in total. The van der Waals surface area contributed by atoms with E-state index >= 15 is 0 Å². The molecule has 1 atom stereocenters. The number of carbonyl (C=O) groups is 4. The summed E-state index contributed by atoms with van der Waals surface area (Å²) in [6, 6.07) is 3.78. The number of piperidine rings is 1. The van der Waals surface area contributed by atoms with Gasteiger partial charge < -0.3 is 0 Å². The first-order valence-electron chi connectivity index (χ1n) is 9.87. The summed E-state index contributed by atoms with van der Waals surface area (Å²) in [6.45, 7) is 0.130. The summed E-state index contributed by atoms with van der Waals surface area (Å²) in [5.41, 5.74) is 0.775. The molecule has 1 saturated heterocycles. The van der Waals surface area contributed by atoms with E-state index in [4.69, 9.17) is 0 Å². The van der Waals surface area contributed by atoms with Gasteiger partial charge in [-0.25, -0.2) is 0 Å². The lowest BCUT2D eigenvalue weighted by molar-refractivity contribution is -0.136. The highest BCUT2D eigenvalue weighted by atomic mass is 32.2. The summed E-state index contributed by atoms with van der Waals surface area (Å²) in [5, 5.41) is 2.17. The maximum absolute atomic E-state index is 13.0. The summed E-state index contributed by atoms with van der Waals surface area (Å²) in [4.78, 5) is 50.2. The third-order valence-corrected chi connectivity index (χ3v) is 5.53. The number of hydrogen-bond donors (Lipinski definition) is 1. The van der Waals surface area contributed by atoms with Gasteiger partial charge in [0, 0.05) is 18.4 Å². The molecule has 1 unspecified atom stereocenters. The molecule has 3 rings (SSSR count). The van der Waals surface area contributed by atoms with Crippen LogP contribution in [0, 0.1) is 11.8 Å². The standard InChI is InChI=1S/C21H22N2O7S/c1-31(28,29)30-13-6-4-2-3-5-8-14-9-7-10-15-18(14)21(27)23(20(15)26)16-11-12-17(24)22-19(16)25/h7,9-10,16H,2-4,6,11-13H2,1H3,(H,22,24,25). The fraction of sp³-hybridized carbons (Fsp3) is 0.429. The second kappa shape index (κ2) is 9.41. The minimum atomic E-state index is -3.43. The molecule has 1 aromatic rings. The molecule has 0 aromatic heterocycles. The van der Waals surface area contributed by atoms with Gasteiger partial charge in [-0.1, -0.05) is 24.3 Å². The zero-order valence-corrected chi connectivity index (χ0v) is 17.8. The molecule has 10 heteroatoms. The largest absolute Gasteiger partial charge is 0.295 e. The molecule has 9 nitrogen and oxygen atoms in total. The van der Waals surface area contributed by atoms with Crippen LogP contribution >= 0.6 is 0 Å². The van der Waals surface area contributed by atoms with Crippen molar-refractivity contribution in [3.05, 3.63) is 34.9 Å². The average molecular weight is 446 g/mol. The Morgan fingerprint density at radius 3 is 2.61 bits per heavy atom. The summed E-state index contributed by atoms with van der Waals surface area (Å²) in [5.74, 6) is 3.66. The first-order valence-corrected chi connectivity index (χ1v) is 11.7. The first-order chi connectivity index (χ1) is 14.7. The van der Waals surface area contributed by atoms with Crippen LogP contribution < -0.4 is 5.32 Å². The highest BCUT2D eigenvalue weighted by molar-refractivity contribution is 7.85. The van der Waals surface area contributed by atoms with Crippen molar-refractivity contribution in [2.45, 2.75) is 44.6 Å². The summed E-state index contributed by atoms with van der Waals surface area (Å²) in [7, 11) is -3.43. The molecule has 0 saturated carbocycles. The van der Waals surface area contributed by atoms with E-state index in [0.29, 0.717) is 18.4 Å². The molecule has 164 valence electrons. The fourth-order valence-electron chi connectivity index (χ4n) is 3.48. The van der Waals surface area contributed by atoms with E-state index in [1.807, 2.05) is 0 Å². The summed E-state index contributed by atoms with van der Waals surface area (Å²) < 4.78 is 26.4. The zero-order valence-electron chi connectivity index (χ0n) is 17.0. The molecular formula is C21H22N2O7S. The van der Waals surface area contributed by atoms with Crippen molar-refractivity contribution in [2.75, 3.05) is 12.9 Å². The first kappa shape index (κ1) is 22.7. The van der Waals surface area contributed by atoms with E-state index in [0.717, 1.165) is 24.0 Å². The SMILES string of the molecule is CS(=O)(=O)OCCCCCC#Cc1cccc2c1C(=O)N(C1CCC(=O)NC1=O)C2=O. The predicted octanol–water partition coefficient (Wildman–Crippen LogP) is 0.976. The quantitative estimate of drug-likeness (QED) is 0.286. The normalized spacial score (nSPS) is 18.5. The molecule has 2 aliphatic heterocycles. The number of unbranched alkanes of at least 4 members (excludes halogenated alkanes) is 3. The van der Waals surface area contributed by atoms with Crippen LogP contribution in [0.15, 0.2) is 18.2 Å². The Hall–Kier alpha value is -3.03. The molecule has 0 aliphatic carbocycles. The lowest BCUT2D eigenvalue weighted by Crippen LogP contribution is -2.54. The predicted molar refractivity (Wildman–Crippen MR) is 109 cm³/mol. The molecule has 0 spiro atoms. The van der Waals surface area contributed by atoms with Crippen LogP contribution in [0.3, 0.4) is 0 Å². The summed E-state index contributed by atoms with van der Waals surface area (Å²) in [6.07, 6.45) is 3.74. The Bertz CT molecular complexity index is 1100. The van der Waals surface area contributed by atoms with Crippen molar-refractivity contribution < 1.29 is 31.8 Å². The van der Waals surface area contributed by atoms with Crippen LogP contribution in [0.5, 0.6) is 0 Å². The van der Waals surface area contributed by atoms with Crippen molar-refractivity contribution in [1.29, 1.82) is 0 Å². The molecular weight excluding hydrogens is 424 g/mol. The molecule has 1 aromatic carbocycles. The number of rotatable bonds is 7. The Kier molecular flexibility index (Phi) is 6.87. The molecule has 2 aliphatic rings. The molecule has 0 radical (unpaired) electrons. The fourth-order valence-corrected chi connectivity index (χ4v) is 3.90. The van der Waals surface area contributed by atoms with Gasteiger partial charge in [0.2, 0.25) is 11.8 Å². The van der Waals surface area contributed by atoms with E-state index in [2.05, 4.69) is 21.3 Å². The highest BCUT2D eigenvalue weighted by Crippen LogP contribution is 2.29. The van der Waals surface area contributed by atoms with Crippen LogP contribution in [-0.4, -0.2) is 55.9 Å². The Balaban J connectivity index is 1.64. The number of amides is 4. The lowest BCUT2D eigenvalue weighted by Gasteiger charge is -2.27. The topological polar surface area (TPSA) is 127 Å². The number of nitrogens with one attached hydrogen (secondary N) is 1. The monoisotopic (exact) mass is 446 g/mol. The van der Waals surface area contributed by atoms with Gasteiger partial charge in [-0.3, -0.25) is 33.6 Å². The van der Waals surface area contributed by atoms with E-state index in [1.165, 1.54) is 6.07 Å². The van der Waals surface area contributed by atoms with Crippen LogP contribution in [0.25, 0.3) is 0 Å². The van der Waals surface area contributed by atoms with Crippen molar-refractivity contribution in [3.63, 3.8) is 0 Å². The number of imide groups is 2. The Morgan fingerprint density at radius 1 is 1.13 bits per heavy atom. The second-order valence-corrected chi connectivity index (χ2v) is 8.96. The van der Waals surface area contributed by atoms with Gasteiger partial charge in [-0.15, -0.1) is 0 Å². The number of hydrogen-bond acceptors (Lipinski definition) is 7. The smallest absolute Gasteiger partial charge is 0.264 e. The Morgan fingerprint density at radius 2 is 1.90 bits per heavy atom. The van der Waals surface area contributed by atoms with Crippen molar-refractivity contribution in [2.24, 2.45) is 0 Å². The van der Waals surface area contributed by atoms with E-state index < -0.39 is 39.8 Å². The van der Waals surface area contributed by atoms with Gasteiger partial charge in [-0.05, 0) is 31.4 Å². The third-order valence-electron chi connectivity index (χ3n) is 4.93. The van der Waals surface area contributed by atoms with Crippen molar-refractivity contribution >= 4 is 33.7 Å². The minimum Gasteiger partial charge on any atom is -0.295 e. The average Bonchev–Trinajstić information content (AvgIpc) is 2.95. The third kappa shape index (κ3) is 5.37. The van der Waals surface area contributed by atoms with Gasteiger partial charge in [0.25, 0.3) is 21.9 Å². The van der Waals surface area contributed by atoms with Crippen molar-refractivity contribution in [1.82, 2.24) is 10.2 Å².